The van der Waals surface area contributed by atoms with Gasteiger partial charge in [0.25, 0.3) is 5.91 Å². The number of rotatable bonds is 8. The Hall–Kier alpha value is -2.51. The summed E-state index contributed by atoms with van der Waals surface area (Å²) in [5, 5.41) is 3.05. The highest BCUT2D eigenvalue weighted by Gasteiger charge is 2.16. The second kappa shape index (κ2) is 10.3. The third-order valence-electron chi connectivity index (χ3n) is 3.67. The highest BCUT2D eigenvalue weighted by molar-refractivity contribution is 6.36. The van der Waals surface area contributed by atoms with Gasteiger partial charge in [0, 0.05) is 0 Å². The maximum absolute atomic E-state index is 12.3. The minimum Gasteiger partial charge on any atom is -0.493 e. The number of methoxy groups -OCH3 is 1. The number of hydrogen-bond donors (Lipinski definition) is 1. The zero-order valence-corrected chi connectivity index (χ0v) is 18.1. The molecule has 0 spiro atoms. The minimum atomic E-state index is -0.680. The molecule has 0 aliphatic heterocycles. The molecule has 9 heteroatoms. The monoisotopic (exact) mass is 440 g/mol. The summed E-state index contributed by atoms with van der Waals surface area (Å²) < 4.78 is 16.0. The first kappa shape index (κ1) is 22.8. The summed E-state index contributed by atoms with van der Waals surface area (Å²) in [4.78, 5) is 28.4. The molecule has 0 bridgehead atoms. The molecule has 0 saturated carbocycles. The molecule has 0 unspecified atom stereocenters. The standard InChI is InChI=1S/C20H22Cl2N2O5/c1-11(2)9-28-16-6-5-13(7-17(16)27-4)20(26)29-10-18(25)24-19-15(22)8-14(21)12(3)23-19/h5-8,11H,9-10H2,1-4H3,(H,23,24,25). The van der Waals surface area contributed by atoms with Crippen LogP contribution in [0.25, 0.3) is 0 Å². The Morgan fingerprint density at radius 2 is 1.86 bits per heavy atom. The lowest BCUT2D eigenvalue weighted by molar-refractivity contribution is -0.119. The van der Waals surface area contributed by atoms with Crippen LogP contribution in [-0.2, 0) is 9.53 Å². The molecule has 0 radical (unpaired) electrons. The van der Waals surface area contributed by atoms with Gasteiger partial charge < -0.3 is 19.5 Å². The Kier molecular flexibility index (Phi) is 8.10. The number of aryl methyl sites for hydroxylation is 1. The first-order valence-electron chi connectivity index (χ1n) is 8.81. The highest BCUT2D eigenvalue weighted by Crippen LogP contribution is 2.29. The van der Waals surface area contributed by atoms with Crippen molar-refractivity contribution in [2.24, 2.45) is 5.92 Å². The van der Waals surface area contributed by atoms with Gasteiger partial charge in [-0.25, -0.2) is 9.78 Å². The number of nitrogens with one attached hydrogen (secondary N) is 1. The molecule has 7 nitrogen and oxygen atoms in total. The Morgan fingerprint density at radius 3 is 2.52 bits per heavy atom. The number of pyridine rings is 1. The maximum atomic E-state index is 12.3. The van der Waals surface area contributed by atoms with Crippen LogP contribution in [0.3, 0.4) is 0 Å². The van der Waals surface area contributed by atoms with Crippen molar-refractivity contribution < 1.29 is 23.8 Å². The molecule has 1 heterocycles. The third-order valence-corrected chi connectivity index (χ3v) is 4.34. The van der Waals surface area contributed by atoms with Gasteiger partial charge in [-0.1, -0.05) is 37.0 Å². The molecular weight excluding hydrogens is 419 g/mol. The van der Waals surface area contributed by atoms with Gasteiger partial charge in [-0.05, 0) is 37.1 Å². The number of hydrogen-bond acceptors (Lipinski definition) is 6. The van der Waals surface area contributed by atoms with E-state index in [4.69, 9.17) is 37.4 Å². The van der Waals surface area contributed by atoms with E-state index in [1.54, 1.807) is 19.1 Å². The van der Waals surface area contributed by atoms with Crippen LogP contribution < -0.4 is 14.8 Å². The molecule has 29 heavy (non-hydrogen) atoms. The quantitative estimate of drug-likeness (QED) is 0.606. The molecule has 0 aliphatic carbocycles. The first-order chi connectivity index (χ1) is 13.7. The minimum absolute atomic E-state index is 0.142. The number of ether oxygens (including phenoxy) is 3. The summed E-state index contributed by atoms with van der Waals surface area (Å²) in [6.45, 7) is 5.73. The van der Waals surface area contributed by atoms with Crippen LogP contribution in [0.4, 0.5) is 5.82 Å². The average Bonchev–Trinajstić information content (AvgIpc) is 2.68. The van der Waals surface area contributed by atoms with Gasteiger partial charge in [0.05, 0.1) is 35.0 Å². The molecule has 2 aromatic rings. The molecule has 0 atom stereocenters. The summed E-state index contributed by atoms with van der Waals surface area (Å²) >= 11 is 11.9. The fourth-order valence-electron chi connectivity index (χ4n) is 2.20. The van der Waals surface area contributed by atoms with Crippen molar-refractivity contribution in [1.29, 1.82) is 0 Å². The first-order valence-corrected chi connectivity index (χ1v) is 9.57. The zero-order valence-electron chi connectivity index (χ0n) is 16.5. The summed E-state index contributed by atoms with van der Waals surface area (Å²) in [6, 6.07) is 6.14. The SMILES string of the molecule is COc1cc(C(=O)OCC(=O)Nc2nc(C)c(Cl)cc2Cl)ccc1OCC(C)C. The smallest absolute Gasteiger partial charge is 0.338 e. The Bertz CT molecular complexity index is 903. The van der Waals surface area contributed by atoms with Crippen LogP contribution in [-0.4, -0.2) is 37.2 Å². The number of nitrogens with zero attached hydrogens (tertiary/aromatic N) is 1. The lowest BCUT2D eigenvalue weighted by Crippen LogP contribution is -2.22. The summed E-state index contributed by atoms with van der Waals surface area (Å²) in [5.41, 5.74) is 0.736. The molecule has 1 amide bonds. The van der Waals surface area contributed by atoms with Crippen molar-refractivity contribution in [3.05, 3.63) is 45.6 Å². The summed E-state index contributed by atoms with van der Waals surface area (Å²) in [6.07, 6.45) is 0. The van der Waals surface area contributed by atoms with Crippen molar-refractivity contribution in [3.8, 4) is 11.5 Å². The molecule has 0 saturated heterocycles. The van der Waals surface area contributed by atoms with Gasteiger partial charge in [0.15, 0.2) is 23.9 Å². The Morgan fingerprint density at radius 1 is 1.14 bits per heavy atom. The number of halogens is 2. The van der Waals surface area contributed by atoms with E-state index in [2.05, 4.69) is 10.3 Å². The summed E-state index contributed by atoms with van der Waals surface area (Å²) in [7, 11) is 1.48. The number of benzene rings is 1. The van der Waals surface area contributed by atoms with E-state index in [-0.39, 0.29) is 16.4 Å². The predicted octanol–water partition coefficient (Wildman–Crippen LogP) is 4.54. The Balaban J connectivity index is 1.98. The second-order valence-corrected chi connectivity index (χ2v) is 7.40. The molecule has 1 aromatic carbocycles. The van der Waals surface area contributed by atoms with Crippen molar-refractivity contribution in [2.75, 3.05) is 25.6 Å². The van der Waals surface area contributed by atoms with E-state index in [0.717, 1.165) is 0 Å². The van der Waals surface area contributed by atoms with Gasteiger partial charge in [-0.15, -0.1) is 0 Å². The molecule has 156 valence electrons. The average molecular weight is 441 g/mol. The van der Waals surface area contributed by atoms with Crippen LogP contribution in [0.2, 0.25) is 10.0 Å². The number of amides is 1. The van der Waals surface area contributed by atoms with Crippen molar-refractivity contribution >= 4 is 40.9 Å². The largest absolute Gasteiger partial charge is 0.493 e. The Labute approximate surface area is 179 Å². The van der Waals surface area contributed by atoms with Gasteiger partial charge in [-0.3, -0.25) is 4.79 Å². The molecule has 0 fully saturated rings. The number of esters is 1. The van der Waals surface area contributed by atoms with E-state index >= 15 is 0 Å². The molecule has 1 aromatic heterocycles. The number of aromatic nitrogens is 1. The van der Waals surface area contributed by atoms with E-state index in [9.17, 15) is 9.59 Å². The number of carbonyl (C=O) groups excluding carboxylic acids is 2. The van der Waals surface area contributed by atoms with E-state index in [1.165, 1.54) is 19.2 Å². The molecule has 1 N–H and O–H groups in total. The molecule has 2 rings (SSSR count). The van der Waals surface area contributed by atoms with Gasteiger partial charge >= 0.3 is 5.97 Å². The van der Waals surface area contributed by atoms with Crippen molar-refractivity contribution in [1.82, 2.24) is 4.98 Å². The van der Waals surface area contributed by atoms with Gasteiger partial charge in [0.2, 0.25) is 0 Å². The zero-order chi connectivity index (χ0) is 21.6. The van der Waals surface area contributed by atoms with Crippen LogP contribution in [0, 0.1) is 12.8 Å². The van der Waals surface area contributed by atoms with Crippen LogP contribution >= 0.6 is 23.2 Å². The lowest BCUT2D eigenvalue weighted by atomic mass is 10.2. The summed E-state index contributed by atoms with van der Waals surface area (Å²) in [5.74, 6) is 0.142. The van der Waals surface area contributed by atoms with Crippen LogP contribution in [0.1, 0.15) is 29.9 Å². The third kappa shape index (κ3) is 6.51. The van der Waals surface area contributed by atoms with Crippen LogP contribution in [0.5, 0.6) is 11.5 Å². The normalized spacial score (nSPS) is 10.6. The predicted molar refractivity (Wildman–Crippen MR) is 111 cm³/mol. The fourth-order valence-corrected chi connectivity index (χ4v) is 2.60. The fraction of sp³-hybridized carbons (Fsp3) is 0.350. The number of carbonyl (C=O) groups is 2. The van der Waals surface area contributed by atoms with E-state index in [1.807, 2.05) is 13.8 Å². The highest BCUT2D eigenvalue weighted by atomic mass is 35.5. The molecule has 0 aliphatic rings. The van der Waals surface area contributed by atoms with E-state index in [0.29, 0.717) is 34.7 Å². The van der Waals surface area contributed by atoms with Gasteiger partial charge in [0.1, 0.15) is 0 Å². The van der Waals surface area contributed by atoms with Crippen molar-refractivity contribution in [3.63, 3.8) is 0 Å². The van der Waals surface area contributed by atoms with Crippen LogP contribution in [0.15, 0.2) is 24.3 Å². The topological polar surface area (TPSA) is 86.8 Å². The lowest BCUT2D eigenvalue weighted by Gasteiger charge is -2.13. The van der Waals surface area contributed by atoms with Gasteiger partial charge in [-0.2, -0.15) is 0 Å². The maximum Gasteiger partial charge on any atom is 0.338 e. The van der Waals surface area contributed by atoms with E-state index < -0.39 is 18.5 Å². The number of anilines is 1. The molecular formula is C20H22Cl2N2O5. The second-order valence-electron chi connectivity index (χ2n) is 6.58. The van der Waals surface area contributed by atoms with Crippen molar-refractivity contribution in [2.45, 2.75) is 20.8 Å².